The number of carboxylic acid groups (broad SMARTS) is 1. The van der Waals surface area contributed by atoms with Gasteiger partial charge in [0.05, 0.1) is 11.4 Å². The van der Waals surface area contributed by atoms with Crippen LogP contribution in [0.15, 0.2) is 24.3 Å². The molecule has 0 atom stereocenters. The van der Waals surface area contributed by atoms with Crippen molar-refractivity contribution in [1.82, 2.24) is 0 Å². The second-order valence-corrected chi connectivity index (χ2v) is 6.98. The van der Waals surface area contributed by atoms with Gasteiger partial charge >= 0.3 is 5.97 Å². The van der Waals surface area contributed by atoms with E-state index < -0.39 is 22.5 Å². The van der Waals surface area contributed by atoms with Crippen molar-refractivity contribution in [3.8, 4) is 0 Å². The number of halogens is 1. The molecule has 1 N–H and O–H groups in total. The highest BCUT2D eigenvalue weighted by Crippen LogP contribution is 2.32. The number of carboxylic acids is 1. The van der Waals surface area contributed by atoms with Gasteiger partial charge in [0.2, 0.25) is 10.0 Å². The van der Waals surface area contributed by atoms with Crippen LogP contribution in [0.2, 0.25) is 5.02 Å². The van der Waals surface area contributed by atoms with Gasteiger partial charge in [0.15, 0.2) is 0 Å². The van der Waals surface area contributed by atoms with E-state index in [9.17, 15) is 13.2 Å². The summed E-state index contributed by atoms with van der Waals surface area (Å²) in [6.07, 6.45) is 1.77. The van der Waals surface area contributed by atoms with Crippen molar-refractivity contribution >= 4 is 33.3 Å². The van der Waals surface area contributed by atoms with Crippen LogP contribution in [0.25, 0.3) is 0 Å². The Kier molecular flexibility index (Phi) is 4.01. The molecule has 1 aliphatic rings. The Labute approximate surface area is 116 Å². The lowest BCUT2D eigenvalue weighted by Gasteiger charge is -2.22. The number of benzene rings is 1. The van der Waals surface area contributed by atoms with E-state index in [-0.39, 0.29) is 17.4 Å². The van der Waals surface area contributed by atoms with Crippen LogP contribution < -0.4 is 4.31 Å². The smallest absolute Gasteiger partial charge is 0.324 e. The third-order valence-corrected chi connectivity index (χ3v) is 4.99. The zero-order chi connectivity index (χ0) is 14.0. The lowest BCUT2D eigenvalue weighted by Crippen LogP contribution is -2.37. The van der Waals surface area contributed by atoms with E-state index in [1.807, 2.05) is 0 Å². The summed E-state index contributed by atoms with van der Waals surface area (Å²) in [4.78, 5) is 10.9. The first kappa shape index (κ1) is 14.1. The quantitative estimate of drug-likeness (QED) is 0.872. The van der Waals surface area contributed by atoms with Crippen molar-refractivity contribution < 1.29 is 18.3 Å². The van der Waals surface area contributed by atoms with Crippen molar-refractivity contribution in [2.24, 2.45) is 5.92 Å². The highest BCUT2D eigenvalue weighted by Gasteiger charge is 2.33. The van der Waals surface area contributed by atoms with Crippen molar-refractivity contribution in [1.29, 1.82) is 0 Å². The van der Waals surface area contributed by atoms with Crippen LogP contribution in [0.3, 0.4) is 0 Å². The predicted molar refractivity (Wildman–Crippen MR) is 72.9 cm³/mol. The number of hydrogen-bond donors (Lipinski definition) is 1. The van der Waals surface area contributed by atoms with Gasteiger partial charge < -0.3 is 5.11 Å². The third-order valence-electron chi connectivity index (χ3n) is 2.85. The van der Waals surface area contributed by atoms with Crippen molar-refractivity contribution in [3.05, 3.63) is 29.3 Å². The van der Waals surface area contributed by atoms with Crippen LogP contribution in [0, 0.1) is 5.92 Å². The Morgan fingerprint density at radius 3 is 2.63 bits per heavy atom. The van der Waals surface area contributed by atoms with Gasteiger partial charge in [-0.1, -0.05) is 17.7 Å². The van der Waals surface area contributed by atoms with E-state index in [1.165, 1.54) is 6.07 Å². The van der Waals surface area contributed by atoms with E-state index in [4.69, 9.17) is 16.7 Å². The first-order valence-corrected chi connectivity index (χ1v) is 7.85. The van der Waals surface area contributed by atoms with Gasteiger partial charge in [-0.25, -0.2) is 8.42 Å². The monoisotopic (exact) mass is 303 g/mol. The Hall–Kier alpha value is -1.27. The zero-order valence-electron chi connectivity index (χ0n) is 10.1. The fourth-order valence-electron chi connectivity index (χ4n) is 1.78. The fourth-order valence-corrected chi connectivity index (χ4v) is 3.81. The van der Waals surface area contributed by atoms with E-state index >= 15 is 0 Å². The summed E-state index contributed by atoms with van der Waals surface area (Å²) in [6, 6.07) is 6.20. The van der Waals surface area contributed by atoms with Crippen LogP contribution in [-0.4, -0.2) is 31.8 Å². The molecule has 0 bridgehead atoms. The minimum absolute atomic E-state index is 0.00715. The second-order valence-electron chi connectivity index (χ2n) is 4.60. The molecule has 0 radical (unpaired) electrons. The lowest BCUT2D eigenvalue weighted by atomic mass is 10.3. The van der Waals surface area contributed by atoms with Crippen LogP contribution in [0.4, 0.5) is 5.69 Å². The Morgan fingerprint density at radius 2 is 2.11 bits per heavy atom. The minimum atomic E-state index is -3.63. The third kappa shape index (κ3) is 3.84. The van der Waals surface area contributed by atoms with Gasteiger partial charge in [0.25, 0.3) is 0 Å². The number of anilines is 1. The van der Waals surface area contributed by atoms with Gasteiger partial charge in [-0.2, -0.15) is 0 Å². The van der Waals surface area contributed by atoms with E-state index in [1.54, 1.807) is 18.2 Å². The number of nitrogens with zero attached hydrogens (tertiary/aromatic N) is 1. The molecule has 1 aliphatic carbocycles. The van der Waals surface area contributed by atoms with Crippen molar-refractivity contribution in [2.75, 3.05) is 16.6 Å². The fraction of sp³-hybridized carbons (Fsp3) is 0.417. The summed E-state index contributed by atoms with van der Waals surface area (Å²) in [6.45, 7) is -0.588. The Balaban J connectivity index is 2.31. The summed E-state index contributed by atoms with van der Waals surface area (Å²) in [5.74, 6) is -1.05. The number of carbonyl (C=O) groups is 1. The molecule has 0 aromatic heterocycles. The maximum Gasteiger partial charge on any atom is 0.324 e. The highest BCUT2D eigenvalue weighted by atomic mass is 35.5. The minimum Gasteiger partial charge on any atom is -0.480 e. The molecule has 0 spiro atoms. The van der Waals surface area contributed by atoms with Gasteiger partial charge in [0, 0.05) is 5.02 Å². The average molecular weight is 304 g/mol. The summed E-state index contributed by atoms with van der Waals surface area (Å²) in [5, 5.41) is 9.26. The molecular formula is C12H14ClNO4S. The number of aliphatic carboxylic acids is 1. The molecule has 1 saturated carbocycles. The predicted octanol–water partition coefficient (Wildman–Crippen LogP) is 1.97. The van der Waals surface area contributed by atoms with Gasteiger partial charge in [0.1, 0.15) is 6.54 Å². The molecule has 0 amide bonds. The molecule has 7 heteroatoms. The number of rotatable bonds is 6. The molecule has 0 heterocycles. The molecule has 1 aromatic carbocycles. The Bertz CT molecular complexity index is 583. The first-order chi connectivity index (χ1) is 8.88. The summed E-state index contributed by atoms with van der Waals surface area (Å²) >= 11 is 5.82. The molecule has 1 aromatic rings. The van der Waals surface area contributed by atoms with Gasteiger partial charge in [-0.15, -0.1) is 0 Å². The maximum absolute atomic E-state index is 12.2. The molecule has 0 unspecified atom stereocenters. The average Bonchev–Trinajstić information content (AvgIpc) is 3.08. The van der Waals surface area contributed by atoms with Gasteiger partial charge in [-0.05, 0) is 37.0 Å². The van der Waals surface area contributed by atoms with Crippen LogP contribution in [0.1, 0.15) is 12.8 Å². The van der Waals surface area contributed by atoms with Crippen LogP contribution >= 0.6 is 11.6 Å². The standard InChI is InChI=1S/C12H14ClNO4S/c13-10-2-1-3-11(6-10)14(7-12(15)16)19(17,18)8-9-4-5-9/h1-3,6,9H,4-5,7-8H2,(H,15,16). The largest absolute Gasteiger partial charge is 0.480 e. The number of hydrogen-bond acceptors (Lipinski definition) is 3. The molecular weight excluding hydrogens is 290 g/mol. The normalized spacial score (nSPS) is 15.2. The summed E-state index contributed by atoms with van der Waals surface area (Å²) in [5.41, 5.74) is 0.288. The maximum atomic E-state index is 12.2. The molecule has 5 nitrogen and oxygen atoms in total. The Morgan fingerprint density at radius 1 is 1.42 bits per heavy atom. The number of sulfonamides is 1. The van der Waals surface area contributed by atoms with E-state index in [2.05, 4.69) is 0 Å². The molecule has 1 fully saturated rings. The topological polar surface area (TPSA) is 74.7 Å². The molecule has 0 aliphatic heterocycles. The van der Waals surface area contributed by atoms with Gasteiger partial charge in [-0.3, -0.25) is 9.10 Å². The molecule has 2 rings (SSSR count). The van der Waals surface area contributed by atoms with E-state index in [0.29, 0.717) is 5.02 Å². The molecule has 104 valence electrons. The highest BCUT2D eigenvalue weighted by molar-refractivity contribution is 7.92. The van der Waals surface area contributed by atoms with Crippen LogP contribution in [-0.2, 0) is 14.8 Å². The van der Waals surface area contributed by atoms with Crippen LogP contribution in [0.5, 0.6) is 0 Å². The summed E-state index contributed by atoms with van der Waals surface area (Å²) < 4.78 is 25.4. The molecule has 19 heavy (non-hydrogen) atoms. The van der Waals surface area contributed by atoms with Crippen molar-refractivity contribution in [2.45, 2.75) is 12.8 Å². The van der Waals surface area contributed by atoms with E-state index in [0.717, 1.165) is 17.1 Å². The van der Waals surface area contributed by atoms with Crippen molar-refractivity contribution in [3.63, 3.8) is 0 Å². The lowest BCUT2D eigenvalue weighted by molar-refractivity contribution is -0.135. The zero-order valence-corrected chi connectivity index (χ0v) is 11.7. The summed E-state index contributed by atoms with van der Waals surface area (Å²) in [7, 11) is -3.63. The molecule has 0 saturated heterocycles. The SMILES string of the molecule is O=C(O)CN(c1cccc(Cl)c1)S(=O)(=O)CC1CC1. The second kappa shape index (κ2) is 5.38. The first-order valence-electron chi connectivity index (χ1n) is 5.86.